The van der Waals surface area contributed by atoms with Crippen molar-refractivity contribution < 1.29 is 17.9 Å². The highest BCUT2D eigenvalue weighted by Crippen LogP contribution is 2.39. The summed E-state index contributed by atoms with van der Waals surface area (Å²) in [6, 6.07) is 8.44. The van der Waals surface area contributed by atoms with Crippen LogP contribution < -0.4 is 4.74 Å². The van der Waals surface area contributed by atoms with E-state index in [0.29, 0.717) is 56.9 Å². The van der Waals surface area contributed by atoms with Crippen molar-refractivity contribution in [2.75, 3.05) is 32.8 Å². The van der Waals surface area contributed by atoms with E-state index < -0.39 is 10.0 Å². The van der Waals surface area contributed by atoms with Gasteiger partial charge in [0.2, 0.25) is 10.0 Å². The van der Waals surface area contributed by atoms with E-state index in [2.05, 4.69) is 10.2 Å². The smallest absolute Gasteiger partial charge is 0.255 e. The number of benzene rings is 1. The summed E-state index contributed by atoms with van der Waals surface area (Å²) in [5.41, 5.74) is 0.181. The zero-order valence-electron chi connectivity index (χ0n) is 16.3. The third-order valence-corrected chi connectivity index (χ3v) is 7.77. The minimum atomic E-state index is -3.63. The highest BCUT2D eigenvalue weighted by atomic mass is 32.2. The van der Waals surface area contributed by atoms with Crippen molar-refractivity contribution in [1.82, 2.24) is 19.4 Å². The zero-order chi connectivity index (χ0) is 20.5. The Morgan fingerprint density at radius 3 is 2.62 bits per heavy atom. The third kappa shape index (κ3) is 3.72. The van der Waals surface area contributed by atoms with Crippen LogP contribution in [0.5, 0.6) is 5.75 Å². The number of aromatic nitrogens is 2. The molecule has 0 bridgehead atoms. The summed E-state index contributed by atoms with van der Waals surface area (Å²) in [6.45, 7) is 4.15. The SMILES string of the molecule is CCN1CC2(CCN(C(=O)c3ccnnc3)CC2)COc2ccccc2S1(=O)=O. The molecule has 9 heteroatoms. The molecule has 2 aliphatic heterocycles. The van der Waals surface area contributed by atoms with Gasteiger partial charge in [-0.2, -0.15) is 14.5 Å². The molecule has 154 valence electrons. The van der Waals surface area contributed by atoms with Crippen LogP contribution in [0.2, 0.25) is 0 Å². The van der Waals surface area contributed by atoms with Crippen molar-refractivity contribution in [3.8, 4) is 5.75 Å². The molecular formula is C20H24N4O4S. The third-order valence-electron chi connectivity index (χ3n) is 5.81. The summed E-state index contributed by atoms with van der Waals surface area (Å²) in [5, 5.41) is 7.48. The lowest BCUT2D eigenvalue weighted by Gasteiger charge is -2.44. The molecule has 0 aliphatic carbocycles. The normalized spacial score (nSPS) is 20.9. The van der Waals surface area contributed by atoms with Crippen molar-refractivity contribution >= 4 is 15.9 Å². The van der Waals surface area contributed by atoms with Crippen LogP contribution >= 0.6 is 0 Å². The molecule has 1 spiro atoms. The van der Waals surface area contributed by atoms with Crippen molar-refractivity contribution in [3.63, 3.8) is 0 Å². The lowest BCUT2D eigenvalue weighted by molar-refractivity contribution is 0.0305. The first-order chi connectivity index (χ1) is 14.0. The van der Waals surface area contributed by atoms with Gasteiger partial charge >= 0.3 is 0 Å². The number of hydrogen-bond acceptors (Lipinski definition) is 6. The molecule has 0 radical (unpaired) electrons. The highest BCUT2D eigenvalue weighted by molar-refractivity contribution is 7.89. The van der Waals surface area contributed by atoms with Crippen LogP contribution in [0.25, 0.3) is 0 Å². The Kier molecular flexibility index (Phi) is 5.26. The van der Waals surface area contributed by atoms with Gasteiger partial charge in [-0.25, -0.2) is 8.42 Å². The van der Waals surface area contributed by atoms with E-state index in [1.165, 1.54) is 12.4 Å². The second kappa shape index (κ2) is 7.72. The molecule has 0 N–H and O–H groups in total. The molecule has 8 nitrogen and oxygen atoms in total. The first kappa shape index (κ1) is 19.8. The molecule has 1 saturated heterocycles. The predicted molar refractivity (Wildman–Crippen MR) is 106 cm³/mol. The number of likely N-dealkylation sites (tertiary alicyclic amines) is 1. The van der Waals surface area contributed by atoms with E-state index in [1.54, 1.807) is 39.5 Å². The molecule has 1 amide bonds. The second-order valence-electron chi connectivity index (χ2n) is 7.59. The Labute approximate surface area is 170 Å². The van der Waals surface area contributed by atoms with Crippen LogP contribution in [0, 0.1) is 5.41 Å². The van der Waals surface area contributed by atoms with Crippen LogP contribution in [-0.2, 0) is 10.0 Å². The van der Waals surface area contributed by atoms with Gasteiger partial charge in [0.05, 0.1) is 24.6 Å². The molecular weight excluding hydrogens is 392 g/mol. The van der Waals surface area contributed by atoms with E-state index in [1.807, 2.05) is 6.92 Å². The molecule has 3 heterocycles. The molecule has 4 rings (SSSR count). The van der Waals surface area contributed by atoms with Gasteiger partial charge in [-0.3, -0.25) is 4.79 Å². The molecule has 1 aromatic heterocycles. The van der Waals surface area contributed by atoms with Gasteiger partial charge in [0.25, 0.3) is 5.91 Å². The molecule has 2 aliphatic rings. The van der Waals surface area contributed by atoms with Gasteiger partial charge in [0.15, 0.2) is 0 Å². The summed E-state index contributed by atoms with van der Waals surface area (Å²) in [6.07, 6.45) is 4.31. The number of para-hydroxylation sites is 1. The number of sulfonamides is 1. The number of piperidine rings is 1. The molecule has 0 saturated carbocycles. The van der Waals surface area contributed by atoms with E-state index >= 15 is 0 Å². The number of fused-ring (bicyclic) bond motifs is 1. The Bertz CT molecular complexity index is 989. The fourth-order valence-corrected chi connectivity index (χ4v) is 5.72. The van der Waals surface area contributed by atoms with E-state index in [0.717, 1.165) is 0 Å². The van der Waals surface area contributed by atoms with Crippen LogP contribution in [0.3, 0.4) is 0 Å². The van der Waals surface area contributed by atoms with Gasteiger partial charge in [0.1, 0.15) is 10.6 Å². The molecule has 29 heavy (non-hydrogen) atoms. The van der Waals surface area contributed by atoms with Gasteiger partial charge in [-0.05, 0) is 31.0 Å². The van der Waals surface area contributed by atoms with Gasteiger partial charge in [-0.15, -0.1) is 0 Å². The summed E-state index contributed by atoms with van der Waals surface area (Å²) >= 11 is 0. The minimum absolute atomic E-state index is 0.0770. The maximum Gasteiger partial charge on any atom is 0.255 e. The summed E-state index contributed by atoms with van der Waals surface area (Å²) < 4.78 is 33.9. The Balaban J connectivity index is 1.56. The Morgan fingerprint density at radius 2 is 1.93 bits per heavy atom. The molecule has 2 aromatic rings. The predicted octanol–water partition coefficient (Wildman–Crippen LogP) is 1.80. The fraction of sp³-hybridized carbons (Fsp3) is 0.450. The van der Waals surface area contributed by atoms with E-state index in [-0.39, 0.29) is 16.2 Å². The fourth-order valence-electron chi connectivity index (χ4n) is 4.03. The quantitative estimate of drug-likeness (QED) is 0.741. The number of carbonyl (C=O) groups excluding carboxylic acids is 1. The van der Waals surface area contributed by atoms with Crippen LogP contribution in [-0.4, -0.2) is 66.5 Å². The number of hydrogen-bond donors (Lipinski definition) is 0. The lowest BCUT2D eigenvalue weighted by atomic mass is 9.78. The number of amides is 1. The van der Waals surface area contributed by atoms with Crippen molar-refractivity contribution in [1.29, 1.82) is 0 Å². The summed E-state index contributed by atoms with van der Waals surface area (Å²) in [4.78, 5) is 14.7. The molecule has 1 aromatic carbocycles. The minimum Gasteiger partial charge on any atom is -0.492 e. The topological polar surface area (TPSA) is 92.7 Å². The average Bonchev–Trinajstić information content (AvgIpc) is 2.76. The van der Waals surface area contributed by atoms with Crippen molar-refractivity contribution in [2.24, 2.45) is 5.41 Å². The largest absolute Gasteiger partial charge is 0.492 e. The maximum absolute atomic E-state index is 13.2. The van der Waals surface area contributed by atoms with Crippen molar-refractivity contribution in [3.05, 3.63) is 48.3 Å². The summed E-state index contributed by atoms with van der Waals surface area (Å²) in [5.74, 6) is 0.318. The van der Waals surface area contributed by atoms with Gasteiger partial charge < -0.3 is 9.64 Å². The molecule has 0 unspecified atom stereocenters. The number of nitrogens with zero attached hydrogens (tertiary/aromatic N) is 4. The second-order valence-corrected chi connectivity index (χ2v) is 9.50. The maximum atomic E-state index is 13.2. The summed E-state index contributed by atoms with van der Waals surface area (Å²) in [7, 11) is -3.63. The number of ether oxygens (including phenoxy) is 1. The van der Waals surface area contributed by atoms with Gasteiger partial charge in [0, 0.05) is 31.6 Å². The molecule has 1 fully saturated rings. The van der Waals surface area contributed by atoms with Crippen molar-refractivity contribution in [2.45, 2.75) is 24.7 Å². The van der Waals surface area contributed by atoms with E-state index in [4.69, 9.17) is 4.74 Å². The lowest BCUT2D eigenvalue weighted by Crippen LogP contribution is -2.52. The van der Waals surface area contributed by atoms with Crippen LogP contribution in [0.15, 0.2) is 47.6 Å². The number of rotatable bonds is 2. The van der Waals surface area contributed by atoms with Gasteiger partial charge in [-0.1, -0.05) is 19.1 Å². The number of carbonyl (C=O) groups is 1. The van der Waals surface area contributed by atoms with Crippen LogP contribution in [0.4, 0.5) is 0 Å². The molecule has 0 atom stereocenters. The standard InChI is InChI=1S/C20H24N4O4S/c1-2-24-14-20(15-28-17-5-3-4-6-18(17)29(24,26)27)8-11-23(12-9-20)19(25)16-7-10-21-22-13-16/h3-7,10,13H,2,8-9,11-12,14-15H2,1H3. The zero-order valence-corrected chi connectivity index (χ0v) is 17.1. The average molecular weight is 417 g/mol. The highest BCUT2D eigenvalue weighted by Gasteiger charge is 2.43. The Hall–Kier alpha value is -2.52. The first-order valence-corrected chi connectivity index (χ1v) is 11.2. The van der Waals surface area contributed by atoms with E-state index in [9.17, 15) is 13.2 Å². The Morgan fingerprint density at radius 1 is 1.17 bits per heavy atom. The van der Waals surface area contributed by atoms with Crippen LogP contribution in [0.1, 0.15) is 30.1 Å². The first-order valence-electron chi connectivity index (χ1n) is 9.73. The monoisotopic (exact) mass is 416 g/mol.